The summed E-state index contributed by atoms with van der Waals surface area (Å²) in [5.41, 5.74) is 5.66. The van der Waals surface area contributed by atoms with Gasteiger partial charge in [0.1, 0.15) is 5.58 Å². The summed E-state index contributed by atoms with van der Waals surface area (Å²) in [6.07, 6.45) is 0. The van der Waals surface area contributed by atoms with E-state index >= 15 is 0 Å². The van der Waals surface area contributed by atoms with Crippen LogP contribution in [-0.2, 0) is 6.54 Å². The number of rotatable bonds is 1. The molecule has 3 nitrogen and oxygen atoms in total. The minimum absolute atomic E-state index is 0.358. The van der Waals surface area contributed by atoms with Crippen molar-refractivity contribution in [2.45, 2.75) is 6.54 Å². The SMILES string of the molecule is NCc1ccc2cc(F)c(=O)oc2c1. The molecule has 0 aliphatic carbocycles. The highest BCUT2D eigenvalue weighted by Crippen LogP contribution is 2.14. The number of fused-ring (bicyclic) bond motifs is 1. The van der Waals surface area contributed by atoms with Gasteiger partial charge in [-0.25, -0.2) is 4.79 Å². The van der Waals surface area contributed by atoms with Crippen LogP contribution in [0.2, 0.25) is 0 Å². The molecule has 0 unspecified atom stereocenters. The molecular formula is C10H8FNO2. The van der Waals surface area contributed by atoms with E-state index in [0.717, 1.165) is 11.6 Å². The fraction of sp³-hybridized carbons (Fsp3) is 0.100. The predicted octanol–water partition coefficient (Wildman–Crippen LogP) is 1.39. The van der Waals surface area contributed by atoms with E-state index in [0.29, 0.717) is 17.5 Å². The molecule has 1 aromatic heterocycles. The summed E-state index contributed by atoms with van der Waals surface area (Å²) in [6.45, 7) is 0.358. The molecule has 72 valence electrons. The van der Waals surface area contributed by atoms with Crippen LogP contribution in [0.25, 0.3) is 11.0 Å². The van der Waals surface area contributed by atoms with Crippen LogP contribution < -0.4 is 11.4 Å². The lowest BCUT2D eigenvalue weighted by molar-refractivity contribution is 0.487. The number of hydrogen-bond donors (Lipinski definition) is 1. The van der Waals surface area contributed by atoms with E-state index in [1.807, 2.05) is 0 Å². The Morgan fingerprint density at radius 1 is 1.36 bits per heavy atom. The average molecular weight is 193 g/mol. The van der Waals surface area contributed by atoms with Gasteiger partial charge < -0.3 is 10.2 Å². The maximum atomic E-state index is 12.8. The number of halogens is 1. The van der Waals surface area contributed by atoms with Crippen molar-refractivity contribution in [3.63, 3.8) is 0 Å². The number of hydrogen-bond acceptors (Lipinski definition) is 3. The van der Waals surface area contributed by atoms with Gasteiger partial charge in [-0.15, -0.1) is 0 Å². The Balaban J connectivity index is 2.77. The molecule has 2 rings (SSSR count). The largest absolute Gasteiger partial charge is 0.421 e. The van der Waals surface area contributed by atoms with E-state index in [2.05, 4.69) is 0 Å². The van der Waals surface area contributed by atoms with Crippen LogP contribution in [0.5, 0.6) is 0 Å². The summed E-state index contributed by atoms with van der Waals surface area (Å²) >= 11 is 0. The quantitative estimate of drug-likeness (QED) is 0.696. The third-order valence-electron chi connectivity index (χ3n) is 1.99. The second-order valence-corrected chi connectivity index (χ2v) is 2.96. The molecule has 0 aliphatic heterocycles. The predicted molar refractivity (Wildman–Crippen MR) is 50.3 cm³/mol. The van der Waals surface area contributed by atoms with Gasteiger partial charge in [-0.2, -0.15) is 4.39 Å². The van der Waals surface area contributed by atoms with Crippen molar-refractivity contribution in [2.75, 3.05) is 0 Å². The molecule has 0 bridgehead atoms. The van der Waals surface area contributed by atoms with Gasteiger partial charge in [0, 0.05) is 11.9 Å². The van der Waals surface area contributed by atoms with Gasteiger partial charge in [0.15, 0.2) is 0 Å². The lowest BCUT2D eigenvalue weighted by atomic mass is 10.1. The van der Waals surface area contributed by atoms with Gasteiger partial charge in [-0.05, 0) is 17.7 Å². The van der Waals surface area contributed by atoms with Gasteiger partial charge in [-0.3, -0.25) is 0 Å². The molecule has 0 saturated heterocycles. The first-order valence-electron chi connectivity index (χ1n) is 4.13. The third-order valence-corrected chi connectivity index (χ3v) is 1.99. The Kier molecular flexibility index (Phi) is 2.05. The van der Waals surface area contributed by atoms with Crippen LogP contribution in [0.15, 0.2) is 33.5 Å². The first kappa shape index (κ1) is 8.90. The van der Waals surface area contributed by atoms with Gasteiger partial charge >= 0.3 is 5.63 Å². The molecule has 0 saturated carbocycles. The zero-order valence-corrected chi connectivity index (χ0v) is 7.29. The highest BCUT2D eigenvalue weighted by molar-refractivity contribution is 5.76. The lowest BCUT2D eigenvalue weighted by Gasteiger charge is -1.99. The number of nitrogens with two attached hydrogens (primary N) is 1. The molecule has 0 aliphatic rings. The second-order valence-electron chi connectivity index (χ2n) is 2.96. The Hall–Kier alpha value is -1.68. The first-order valence-corrected chi connectivity index (χ1v) is 4.13. The highest BCUT2D eigenvalue weighted by atomic mass is 19.1. The van der Waals surface area contributed by atoms with E-state index < -0.39 is 11.4 Å². The maximum Gasteiger partial charge on any atom is 0.372 e. The minimum Gasteiger partial charge on any atom is -0.421 e. The van der Waals surface area contributed by atoms with Gasteiger partial charge in [0.2, 0.25) is 5.82 Å². The van der Waals surface area contributed by atoms with Crippen LogP contribution in [0.1, 0.15) is 5.56 Å². The molecule has 2 N–H and O–H groups in total. The normalized spacial score (nSPS) is 10.7. The summed E-state index contributed by atoms with van der Waals surface area (Å²) in [6, 6.07) is 6.23. The van der Waals surface area contributed by atoms with Crippen molar-refractivity contribution in [1.82, 2.24) is 0 Å². The van der Waals surface area contributed by atoms with Crippen molar-refractivity contribution in [3.8, 4) is 0 Å². The van der Waals surface area contributed by atoms with Crippen molar-refractivity contribution < 1.29 is 8.81 Å². The Labute approximate surface area is 78.9 Å². The standard InChI is InChI=1S/C10H8FNO2/c11-8-4-7-2-1-6(5-12)3-9(7)14-10(8)13/h1-4H,5,12H2. The summed E-state index contributed by atoms with van der Waals surface area (Å²) in [5, 5.41) is 0.555. The molecule has 1 heterocycles. The Morgan fingerprint density at radius 3 is 2.86 bits per heavy atom. The lowest BCUT2D eigenvalue weighted by Crippen LogP contribution is -2.04. The van der Waals surface area contributed by atoms with Gasteiger partial charge in [-0.1, -0.05) is 12.1 Å². The fourth-order valence-electron chi connectivity index (χ4n) is 1.26. The molecule has 0 atom stereocenters. The topological polar surface area (TPSA) is 56.2 Å². The van der Waals surface area contributed by atoms with Crippen molar-refractivity contribution >= 4 is 11.0 Å². The van der Waals surface area contributed by atoms with E-state index in [9.17, 15) is 9.18 Å². The maximum absolute atomic E-state index is 12.8. The third kappa shape index (κ3) is 1.40. The molecule has 14 heavy (non-hydrogen) atoms. The molecule has 0 radical (unpaired) electrons. The summed E-state index contributed by atoms with van der Waals surface area (Å²) in [7, 11) is 0. The van der Waals surface area contributed by atoms with E-state index in [4.69, 9.17) is 10.2 Å². The van der Waals surface area contributed by atoms with Crippen LogP contribution in [0.3, 0.4) is 0 Å². The van der Waals surface area contributed by atoms with Crippen molar-refractivity contribution in [1.29, 1.82) is 0 Å². The van der Waals surface area contributed by atoms with Gasteiger partial charge in [0.05, 0.1) is 0 Å². The Morgan fingerprint density at radius 2 is 2.14 bits per heavy atom. The van der Waals surface area contributed by atoms with E-state index in [1.54, 1.807) is 18.2 Å². The zero-order chi connectivity index (χ0) is 10.1. The fourth-order valence-corrected chi connectivity index (χ4v) is 1.26. The minimum atomic E-state index is -0.952. The first-order chi connectivity index (χ1) is 6.70. The Bertz CT molecular complexity index is 533. The van der Waals surface area contributed by atoms with Crippen molar-refractivity contribution in [2.24, 2.45) is 5.73 Å². The van der Waals surface area contributed by atoms with E-state index in [-0.39, 0.29) is 0 Å². The molecule has 2 aromatic rings. The molecule has 0 fully saturated rings. The summed E-state index contributed by atoms with van der Waals surface area (Å²) in [4.78, 5) is 10.9. The van der Waals surface area contributed by atoms with Crippen molar-refractivity contribution in [3.05, 3.63) is 46.1 Å². The van der Waals surface area contributed by atoms with Crippen LogP contribution >= 0.6 is 0 Å². The molecule has 0 amide bonds. The van der Waals surface area contributed by atoms with Crippen LogP contribution in [-0.4, -0.2) is 0 Å². The molecule has 0 spiro atoms. The zero-order valence-electron chi connectivity index (χ0n) is 7.29. The molecule has 4 heteroatoms. The smallest absolute Gasteiger partial charge is 0.372 e. The van der Waals surface area contributed by atoms with Gasteiger partial charge in [0.25, 0.3) is 0 Å². The van der Waals surface area contributed by atoms with E-state index in [1.165, 1.54) is 0 Å². The number of benzene rings is 1. The second kappa shape index (κ2) is 3.23. The average Bonchev–Trinajstić information content (AvgIpc) is 2.19. The molecule has 1 aromatic carbocycles. The molecular weight excluding hydrogens is 185 g/mol. The monoisotopic (exact) mass is 193 g/mol. The summed E-state index contributed by atoms with van der Waals surface area (Å²) < 4.78 is 17.5. The van der Waals surface area contributed by atoms with Crippen LogP contribution in [0, 0.1) is 5.82 Å². The highest BCUT2D eigenvalue weighted by Gasteiger charge is 2.04. The summed E-state index contributed by atoms with van der Waals surface area (Å²) in [5.74, 6) is -0.877. The van der Waals surface area contributed by atoms with Crippen LogP contribution in [0.4, 0.5) is 4.39 Å².